The number of carbonyl (C=O) groups is 4. The Balaban J connectivity index is 2.60. The summed E-state index contributed by atoms with van der Waals surface area (Å²) in [4.78, 5) is 48.9. The summed E-state index contributed by atoms with van der Waals surface area (Å²) in [5, 5.41) is 10.7. The van der Waals surface area contributed by atoms with Gasteiger partial charge in [-0.25, -0.2) is 4.79 Å². The van der Waals surface area contributed by atoms with Gasteiger partial charge in [-0.15, -0.1) is 0 Å². The Bertz CT molecular complexity index is 749. The minimum atomic E-state index is -1.71. The maximum atomic E-state index is 12.6. The molecule has 8 heteroatoms. The highest BCUT2D eigenvalue weighted by atomic mass is 16.5. The van der Waals surface area contributed by atoms with E-state index in [1.54, 1.807) is 0 Å². The molecule has 4 atom stereocenters. The molecular weight excluding hydrogens is 356 g/mol. The minimum absolute atomic E-state index is 0.263. The lowest BCUT2D eigenvalue weighted by atomic mass is 9.61. The van der Waals surface area contributed by atoms with Crippen molar-refractivity contribution in [1.82, 2.24) is 0 Å². The molecule has 0 amide bonds. The van der Waals surface area contributed by atoms with E-state index in [-0.39, 0.29) is 12.0 Å². The number of esters is 3. The van der Waals surface area contributed by atoms with Crippen LogP contribution in [0.3, 0.4) is 0 Å². The first-order valence-electron chi connectivity index (χ1n) is 8.27. The van der Waals surface area contributed by atoms with Gasteiger partial charge in [-0.2, -0.15) is 0 Å². The van der Waals surface area contributed by atoms with Crippen molar-refractivity contribution in [3.8, 4) is 0 Å². The third-order valence-corrected chi connectivity index (χ3v) is 4.89. The highest BCUT2D eigenvalue weighted by molar-refractivity contribution is 6.02. The van der Waals surface area contributed by atoms with Crippen molar-refractivity contribution in [3.63, 3.8) is 0 Å². The van der Waals surface area contributed by atoms with Gasteiger partial charge in [-0.3, -0.25) is 14.4 Å². The van der Waals surface area contributed by atoms with Crippen LogP contribution in [0.5, 0.6) is 0 Å². The largest absolute Gasteiger partial charge is 0.469 e. The van der Waals surface area contributed by atoms with Gasteiger partial charge >= 0.3 is 17.9 Å². The number of ketones is 1. The van der Waals surface area contributed by atoms with Crippen LogP contribution >= 0.6 is 0 Å². The number of hydrogen-bond donors (Lipinski definition) is 1. The van der Waals surface area contributed by atoms with E-state index in [4.69, 9.17) is 9.47 Å². The Morgan fingerprint density at radius 3 is 2.04 bits per heavy atom. The van der Waals surface area contributed by atoms with Crippen LogP contribution in [-0.4, -0.2) is 55.7 Å². The predicted octanol–water partition coefficient (Wildman–Crippen LogP) is 0.859. The van der Waals surface area contributed by atoms with E-state index >= 15 is 0 Å². The Kier molecular flexibility index (Phi) is 6.00. The molecule has 0 aliphatic heterocycles. The number of ether oxygens (including phenoxy) is 3. The van der Waals surface area contributed by atoms with Crippen LogP contribution in [-0.2, 0) is 28.6 Å². The second kappa shape index (κ2) is 7.87. The molecule has 0 saturated heterocycles. The molecule has 1 aromatic carbocycles. The van der Waals surface area contributed by atoms with E-state index in [9.17, 15) is 24.3 Å². The molecular formula is C19H22O8. The van der Waals surface area contributed by atoms with E-state index in [0.717, 1.165) is 7.11 Å². The fraction of sp³-hybridized carbons (Fsp3) is 0.474. The molecule has 0 aromatic heterocycles. The first-order valence-corrected chi connectivity index (χ1v) is 8.27. The smallest absolute Gasteiger partial charge is 0.337 e. The predicted molar refractivity (Wildman–Crippen MR) is 91.8 cm³/mol. The Labute approximate surface area is 156 Å². The normalized spacial score (nSPS) is 27.6. The average molecular weight is 378 g/mol. The molecule has 146 valence electrons. The van der Waals surface area contributed by atoms with Gasteiger partial charge in [0.15, 0.2) is 5.78 Å². The lowest BCUT2D eigenvalue weighted by Gasteiger charge is -2.43. The monoisotopic (exact) mass is 378 g/mol. The summed E-state index contributed by atoms with van der Waals surface area (Å²) in [6, 6.07) is 5.93. The summed E-state index contributed by atoms with van der Waals surface area (Å²) < 4.78 is 14.2. The van der Waals surface area contributed by atoms with E-state index in [2.05, 4.69) is 4.74 Å². The Hall–Kier alpha value is -2.74. The van der Waals surface area contributed by atoms with E-state index in [1.165, 1.54) is 45.4 Å². The molecule has 0 spiro atoms. The highest BCUT2D eigenvalue weighted by Gasteiger charge is 2.56. The number of hydrogen-bond acceptors (Lipinski definition) is 8. The zero-order chi connectivity index (χ0) is 20.4. The van der Waals surface area contributed by atoms with E-state index in [0.29, 0.717) is 5.56 Å². The lowest BCUT2D eigenvalue weighted by molar-refractivity contribution is -0.170. The Morgan fingerprint density at radius 2 is 1.56 bits per heavy atom. The van der Waals surface area contributed by atoms with Gasteiger partial charge in [0.25, 0.3) is 0 Å². The van der Waals surface area contributed by atoms with Crippen molar-refractivity contribution in [2.24, 2.45) is 11.8 Å². The summed E-state index contributed by atoms with van der Waals surface area (Å²) in [7, 11) is 3.56. The molecule has 0 heterocycles. The first kappa shape index (κ1) is 20.6. The molecule has 1 aliphatic carbocycles. The summed E-state index contributed by atoms with van der Waals surface area (Å²) in [5.41, 5.74) is -1.03. The number of methoxy groups -OCH3 is 3. The van der Waals surface area contributed by atoms with Crippen LogP contribution in [0, 0.1) is 11.8 Å². The van der Waals surface area contributed by atoms with Gasteiger partial charge in [-0.05, 0) is 24.6 Å². The van der Waals surface area contributed by atoms with Crippen LogP contribution in [0.1, 0.15) is 35.2 Å². The van der Waals surface area contributed by atoms with E-state index < -0.39 is 47.0 Å². The highest BCUT2D eigenvalue weighted by Crippen LogP contribution is 2.46. The molecule has 1 aliphatic rings. The SMILES string of the molecule is COC(=O)c1ccc([C@@H]2[C@H](C(=O)OC)C(=O)C[C@](C)(O)[C@@H]2C(=O)OC)cc1. The molecule has 27 heavy (non-hydrogen) atoms. The van der Waals surface area contributed by atoms with Crippen LogP contribution in [0.2, 0.25) is 0 Å². The number of carbonyl (C=O) groups excluding carboxylic acids is 4. The second-order valence-electron chi connectivity index (χ2n) is 6.64. The quantitative estimate of drug-likeness (QED) is 0.466. The van der Waals surface area contributed by atoms with Crippen LogP contribution in [0.15, 0.2) is 24.3 Å². The zero-order valence-electron chi connectivity index (χ0n) is 15.6. The third-order valence-electron chi connectivity index (χ3n) is 4.89. The van der Waals surface area contributed by atoms with Crippen molar-refractivity contribution in [3.05, 3.63) is 35.4 Å². The first-order chi connectivity index (χ1) is 12.7. The molecule has 8 nitrogen and oxygen atoms in total. The van der Waals surface area contributed by atoms with Crippen LogP contribution in [0.25, 0.3) is 0 Å². The topological polar surface area (TPSA) is 116 Å². The molecule has 0 unspecified atom stereocenters. The van der Waals surface area contributed by atoms with Gasteiger partial charge in [0.2, 0.25) is 0 Å². The summed E-state index contributed by atoms with van der Waals surface area (Å²) in [6.07, 6.45) is -0.386. The molecule has 1 N–H and O–H groups in total. The van der Waals surface area contributed by atoms with Crippen LogP contribution in [0.4, 0.5) is 0 Å². The number of benzene rings is 1. The van der Waals surface area contributed by atoms with Gasteiger partial charge in [0, 0.05) is 12.3 Å². The summed E-state index contributed by atoms with van der Waals surface area (Å²) >= 11 is 0. The molecule has 0 radical (unpaired) electrons. The van der Waals surface area contributed by atoms with Crippen molar-refractivity contribution in [1.29, 1.82) is 0 Å². The second-order valence-corrected chi connectivity index (χ2v) is 6.64. The van der Waals surface area contributed by atoms with Gasteiger partial charge in [0.05, 0.1) is 38.4 Å². The van der Waals surface area contributed by atoms with Gasteiger partial charge < -0.3 is 19.3 Å². The van der Waals surface area contributed by atoms with E-state index in [1.807, 2.05) is 0 Å². The third kappa shape index (κ3) is 3.85. The minimum Gasteiger partial charge on any atom is -0.469 e. The molecule has 1 saturated carbocycles. The molecule has 2 rings (SSSR count). The number of aliphatic hydroxyl groups is 1. The number of Topliss-reactive ketones (excluding diaryl/α,β-unsaturated/α-hetero) is 1. The van der Waals surface area contributed by atoms with Crippen molar-refractivity contribution >= 4 is 23.7 Å². The fourth-order valence-corrected chi connectivity index (χ4v) is 3.63. The van der Waals surface area contributed by atoms with Crippen molar-refractivity contribution in [2.45, 2.75) is 24.9 Å². The van der Waals surface area contributed by atoms with Crippen molar-refractivity contribution in [2.75, 3.05) is 21.3 Å². The van der Waals surface area contributed by atoms with Crippen molar-refractivity contribution < 1.29 is 38.5 Å². The fourth-order valence-electron chi connectivity index (χ4n) is 3.63. The molecule has 1 fully saturated rings. The lowest BCUT2D eigenvalue weighted by Crippen LogP contribution is -2.55. The standard InChI is InChI=1S/C19H22O8/c1-19(24)9-12(20)14(17(22)26-3)13(15(19)18(23)27-4)10-5-7-11(8-6-10)16(21)25-2/h5-8,13-15,24H,9H2,1-4H3/t13-,14-,15+,19+/m1/s1. The zero-order valence-corrected chi connectivity index (χ0v) is 15.6. The van der Waals surface area contributed by atoms with Gasteiger partial charge in [-0.1, -0.05) is 12.1 Å². The summed E-state index contributed by atoms with van der Waals surface area (Å²) in [5.74, 6) is -6.09. The molecule has 1 aromatic rings. The summed E-state index contributed by atoms with van der Waals surface area (Å²) in [6.45, 7) is 1.36. The van der Waals surface area contributed by atoms with Crippen LogP contribution < -0.4 is 0 Å². The van der Waals surface area contributed by atoms with Gasteiger partial charge in [0.1, 0.15) is 5.92 Å². The molecule has 0 bridgehead atoms. The average Bonchev–Trinajstić information content (AvgIpc) is 2.65. The maximum absolute atomic E-state index is 12.6. The Morgan fingerprint density at radius 1 is 1.00 bits per heavy atom. The maximum Gasteiger partial charge on any atom is 0.337 e. The number of rotatable bonds is 4.